The third kappa shape index (κ3) is 4.90. The van der Waals surface area contributed by atoms with Crippen LogP contribution in [0.2, 0.25) is 0 Å². The van der Waals surface area contributed by atoms with Crippen LogP contribution < -0.4 is 5.32 Å². The van der Waals surface area contributed by atoms with Gasteiger partial charge >= 0.3 is 0 Å². The molecule has 5 nitrogen and oxygen atoms in total. The molecule has 1 aliphatic carbocycles. The molecule has 1 unspecified atom stereocenters. The summed E-state index contributed by atoms with van der Waals surface area (Å²) in [6.45, 7) is 5.20. The summed E-state index contributed by atoms with van der Waals surface area (Å²) in [5.74, 6) is 0.940. The molecule has 5 heteroatoms. The number of benzene rings is 2. The van der Waals surface area contributed by atoms with Gasteiger partial charge in [-0.15, -0.1) is 0 Å². The van der Waals surface area contributed by atoms with Crippen molar-refractivity contribution in [3.05, 3.63) is 42.5 Å². The van der Waals surface area contributed by atoms with Crippen molar-refractivity contribution in [1.29, 1.82) is 0 Å². The highest BCUT2D eigenvalue weighted by atomic mass is 16.3. The van der Waals surface area contributed by atoms with Gasteiger partial charge in [0.1, 0.15) is 0 Å². The topological polar surface area (TPSA) is 55.8 Å². The Bertz CT molecular complexity index is 800. The highest BCUT2D eigenvalue weighted by molar-refractivity contribution is 6.02. The average Bonchev–Trinajstić information content (AvgIpc) is 3.53. The number of carbonyl (C=O) groups excluding carboxylic acids is 1. The Morgan fingerprint density at radius 2 is 1.93 bits per heavy atom. The predicted octanol–water partition coefficient (Wildman–Crippen LogP) is 2.95. The van der Waals surface area contributed by atoms with Crippen LogP contribution in [0.1, 0.15) is 25.7 Å². The number of anilines is 1. The van der Waals surface area contributed by atoms with Crippen LogP contribution in [0.3, 0.4) is 0 Å². The molecular weight excluding hydrogens is 350 g/mol. The summed E-state index contributed by atoms with van der Waals surface area (Å²) in [6.07, 6.45) is 4.05. The zero-order chi connectivity index (χ0) is 19.3. The van der Waals surface area contributed by atoms with E-state index in [1.807, 2.05) is 30.3 Å². The minimum Gasteiger partial charge on any atom is -0.396 e. The summed E-state index contributed by atoms with van der Waals surface area (Å²) in [7, 11) is 0. The SMILES string of the molecule is O=C(CCN1CCN(CC2CC2)C(CCO)C1)Nc1cccc2ccccc12. The summed E-state index contributed by atoms with van der Waals surface area (Å²) < 4.78 is 0. The lowest BCUT2D eigenvalue weighted by Crippen LogP contribution is -2.54. The first-order chi connectivity index (χ1) is 13.7. The molecule has 4 rings (SSSR count). The Hall–Kier alpha value is -1.95. The summed E-state index contributed by atoms with van der Waals surface area (Å²) in [4.78, 5) is 17.5. The molecule has 1 atom stereocenters. The molecule has 2 aromatic carbocycles. The number of piperazine rings is 1. The molecule has 2 N–H and O–H groups in total. The van der Waals surface area contributed by atoms with Crippen LogP contribution in [0.5, 0.6) is 0 Å². The van der Waals surface area contributed by atoms with E-state index in [9.17, 15) is 9.90 Å². The maximum absolute atomic E-state index is 12.5. The monoisotopic (exact) mass is 381 g/mol. The minimum atomic E-state index is 0.0653. The zero-order valence-electron chi connectivity index (χ0n) is 16.5. The number of rotatable bonds is 8. The maximum Gasteiger partial charge on any atom is 0.225 e. The van der Waals surface area contributed by atoms with E-state index in [2.05, 4.69) is 27.2 Å². The second-order valence-electron chi connectivity index (χ2n) is 8.23. The molecule has 1 heterocycles. The van der Waals surface area contributed by atoms with Crippen LogP contribution in [0, 0.1) is 5.92 Å². The number of amides is 1. The van der Waals surface area contributed by atoms with Crippen LogP contribution in [-0.2, 0) is 4.79 Å². The number of hydrogen-bond acceptors (Lipinski definition) is 4. The van der Waals surface area contributed by atoms with Crippen LogP contribution in [0.15, 0.2) is 42.5 Å². The molecule has 1 saturated carbocycles. The quantitative estimate of drug-likeness (QED) is 0.738. The van der Waals surface area contributed by atoms with Crippen molar-refractivity contribution in [2.75, 3.05) is 44.6 Å². The molecule has 1 aliphatic heterocycles. The number of nitrogens with zero attached hydrogens (tertiary/aromatic N) is 2. The fourth-order valence-corrected chi connectivity index (χ4v) is 4.26. The molecule has 0 spiro atoms. The van der Waals surface area contributed by atoms with Crippen LogP contribution in [0.4, 0.5) is 5.69 Å². The fourth-order valence-electron chi connectivity index (χ4n) is 4.26. The van der Waals surface area contributed by atoms with Gasteiger partial charge in [-0.3, -0.25) is 14.6 Å². The van der Waals surface area contributed by atoms with Crippen molar-refractivity contribution in [3.8, 4) is 0 Å². The van der Waals surface area contributed by atoms with E-state index in [4.69, 9.17) is 0 Å². The van der Waals surface area contributed by atoms with Crippen molar-refractivity contribution in [2.45, 2.75) is 31.7 Å². The molecule has 0 bridgehead atoms. The Morgan fingerprint density at radius 3 is 2.75 bits per heavy atom. The van der Waals surface area contributed by atoms with Crippen molar-refractivity contribution in [3.63, 3.8) is 0 Å². The number of fused-ring (bicyclic) bond motifs is 1. The van der Waals surface area contributed by atoms with Crippen molar-refractivity contribution in [2.24, 2.45) is 5.92 Å². The van der Waals surface area contributed by atoms with Crippen molar-refractivity contribution >= 4 is 22.4 Å². The summed E-state index contributed by atoms with van der Waals surface area (Å²) in [5, 5.41) is 14.7. The van der Waals surface area contributed by atoms with Crippen LogP contribution >= 0.6 is 0 Å². The molecule has 2 aliphatic rings. The molecule has 150 valence electrons. The van der Waals surface area contributed by atoms with Gasteiger partial charge in [0.25, 0.3) is 0 Å². The first-order valence-electron chi connectivity index (χ1n) is 10.6. The highest BCUT2D eigenvalue weighted by Crippen LogP contribution is 2.31. The molecule has 2 aromatic rings. The highest BCUT2D eigenvalue weighted by Gasteiger charge is 2.31. The van der Waals surface area contributed by atoms with Gasteiger partial charge in [-0.05, 0) is 36.6 Å². The van der Waals surface area contributed by atoms with Gasteiger partial charge in [-0.25, -0.2) is 0 Å². The van der Waals surface area contributed by atoms with E-state index in [0.29, 0.717) is 12.5 Å². The minimum absolute atomic E-state index is 0.0653. The Labute approximate surface area is 167 Å². The smallest absolute Gasteiger partial charge is 0.225 e. The average molecular weight is 382 g/mol. The number of aliphatic hydroxyl groups is 1. The van der Waals surface area contributed by atoms with Gasteiger partial charge in [0.2, 0.25) is 5.91 Å². The Balaban J connectivity index is 1.29. The first-order valence-corrected chi connectivity index (χ1v) is 10.6. The van der Waals surface area contributed by atoms with Gasteiger partial charge in [-0.2, -0.15) is 0 Å². The van der Waals surface area contributed by atoms with E-state index in [-0.39, 0.29) is 12.5 Å². The number of hydrogen-bond donors (Lipinski definition) is 2. The molecule has 0 radical (unpaired) electrons. The number of nitrogens with one attached hydrogen (secondary N) is 1. The molecular formula is C23H31N3O2. The summed E-state index contributed by atoms with van der Waals surface area (Å²) >= 11 is 0. The second-order valence-corrected chi connectivity index (χ2v) is 8.23. The largest absolute Gasteiger partial charge is 0.396 e. The molecule has 28 heavy (non-hydrogen) atoms. The van der Waals surface area contributed by atoms with Crippen LogP contribution in [-0.4, -0.2) is 66.2 Å². The van der Waals surface area contributed by atoms with Gasteiger partial charge in [0.15, 0.2) is 0 Å². The lowest BCUT2D eigenvalue weighted by molar-refractivity contribution is -0.116. The molecule has 1 amide bonds. The van der Waals surface area contributed by atoms with E-state index in [1.165, 1.54) is 19.4 Å². The Morgan fingerprint density at radius 1 is 1.11 bits per heavy atom. The van der Waals surface area contributed by atoms with E-state index >= 15 is 0 Å². The fraction of sp³-hybridized carbons (Fsp3) is 0.522. The van der Waals surface area contributed by atoms with E-state index in [0.717, 1.165) is 55.0 Å². The lowest BCUT2D eigenvalue weighted by atomic mass is 10.1. The van der Waals surface area contributed by atoms with Crippen molar-refractivity contribution < 1.29 is 9.90 Å². The number of carbonyl (C=O) groups is 1. The standard InChI is InChI=1S/C23H31N3O2/c27-15-11-20-17-25(13-14-26(20)16-18-8-9-18)12-10-23(28)24-22-7-3-5-19-4-1-2-6-21(19)22/h1-7,18,20,27H,8-17H2,(H,24,28). The molecule has 0 aromatic heterocycles. The predicted molar refractivity (Wildman–Crippen MR) is 113 cm³/mol. The molecule has 1 saturated heterocycles. The normalized spacial score (nSPS) is 21.1. The van der Waals surface area contributed by atoms with Gasteiger partial charge in [0.05, 0.1) is 0 Å². The third-order valence-electron chi connectivity index (χ3n) is 6.06. The maximum atomic E-state index is 12.5. The molecule has 2 fully saturated rings. The Kier molecular flexibility index (Phi) is 6.25. The first kappa shape index (κ1) is 19.4. The van der Waals surface area contributed by atoms with E-state index in [1.54, 1.807) is 0 Å². The second kappa shape index (κ2) is 9.03. The van der Waals surface area contributed by atoms with E-state index < -0.39 is 0 Å². The third-order valence-corrected chi connectivity index (χ3v) is 6.06. The summed E-state index contributed by atoms with van der Waals surface area (Å²) in [6, 6.07) is 14.6. The van der Waals surface area contributed by atoms with Gasteiger partial charge in [-0.1, -0.05) is 36.4 Å². The zero-order valence-corrected chi connectivity index (χ0v) is 16.5. The van der Waals surface area contributed by atoms with Gasteiger partial charge in [0, 0.05) is 62.9 Å². The van der Waals surface area contributed by atoms with Crippen molar-refractivity contribution in [1.82, 2.24) is 9.80 Å². The van der Waals surface area contributed by atoms with Gasteiger partial charge < -0.3 is 10.4 Å². The van der Waals surface area contributed by atoms with Crippen LogP contribution in [0.25, 0.3) is 10.8 Å². The number of aliphatic hydroxyl groups excluding tert-OH is 1. The lowest BCUT2D eigenvalue weighted by Gasteiger charge is -2.41. The summed E-state index contributed by atoms with van der Waals surface area (Å²) in [5.41, 5.74) is 0.885.